The first-order valence-electron chi connectivity index (χ1n) is 13.6. The van der Waals surface area contributed by atoms with Crippen LogP contribution in [0.15, 0.2) is 92.3 Å². The van der Waals surface area contributed by atoms with Crippen LogP contribution in [0, 0.1) is 10.1 Å². The third kappa shape index (κ3) is 6.51. The predicted octanol–water partition coefficient (Wildman–Crippen LogP) is 5.45. The van der Waals surface area contributed by atoms with Gasteiger partial charge in [0.1, 0.15) is 24.1 Å². The van der Waals surface area contributed by atoms with Gasteiger partial charge in [-0.1, -0.05) is 39.4 Å². The van der Waals surface area contributed by atoms with E-state index < -0.39 is 16.9 Å². The first-order chi connectivity index (χ1) is 21.0. The van der Waals surface area contributed by atoms with Gasteiger partial charge < -0.3 is 14.2 Å². The van der Waals surface area contributed by atoms with E-state index in [0.29, 0.717) is 32.1 Å². The highest BCUT2D eigenvalue weighted by molar-refractivity contribution is 9.10. The average molecular weight is 679 g/mol. The molecule has 0 radical (unpaired) electrons. The fraction of sp³-hybridized carbons (Fsp3) is 0.219. The van der Waals surface area contributed by atoms with E-state index in [-0.39, 0.29) is 29.5 Å². The smallest absolute Gasteiger partial charge is 0.338 e. The normalized spacial score (nSPS) is 14.7. The summed E-state index contributed by atoms with van der Waals surface area (Å²) < 4.78 is 19.8. The van der Waals surface area contributed by atoms with Crippen molar-refractivity contribution in [1.82, 2.24) is 4.57 Å². The lowest BCUT2D eigenvalue weighted by atomic mass is 9.95. The van der Waals surface area contributed by atoms with Crippen molar-refractivity contribution >= 4 is 45.0 Å². The molecule has 1 aliphatic rings. The van der Waals surface area contributed by atoms with E-state index >= 15 is 0 Å². The highest BCUT2D eigenvalue weighted by Crippen LogP contribution is 2.37. The zero-order chi connectivity index (χ0) is 31.5. The number of methoxy groups -OCH3 is 1. The zero-order valence-electron chi connectivity index (χ0n) is 24.3. The van der Waals surface area contributed by atoms with Gasteiger partial charge in [-0.15, -0.1) is 0 Å². The quantitative estimate of drug-likeness (QED) is 0.131. The summed E-state index contributed by atoms with van der Waals surface area (Å²) >= 11 is 4.74. The number of thiazole rings is 1. The van der Waals surface area contributed by atoms with E-state index in [1.807, 2.05) is 24.3 Å². The highest BCUT2D eigenvalue weighted by atomic mass is 79.9. The zero-order valence-corrected chi connectivity index (χ0v) is 26.7. The first kappa shape index (κ1) is 30.9. The Hall–Kier alpha value is -4.55. The number of hydrogen-bond acceptors (Lipinski definition) is 9. The number of nitrogens with zero attached hydrogens (tertiary/aromatic N) is 3. The second-order valence-electron chi connectivity index (χ2n) is 10.2. The molecule has 1 atom stereocenters. The van der Waals surface area contributed by atoms with Gasteiger partial charge in [-0.25, -0.2) is 9.79 Å². The summed E-state index contributed by atoms with van der Waals surface area (Å²) in [5.74, 6) is 0.571. The van der Waals surface area contributed by atoms with E-state index in [2.05, 4.69) is 20.9 Å². The number of aromatic nitrogens is 1. The van der Waals surface area contributed by atoms with Crippen molar-refractivity contribution < 1.29 is 23.9 Å². The summed E-state index contributed by atoms with van der Waals surface area (Å²) in [4.78, 5) is 42.9. The topological polar surface area (TPSA) is 122 Å². The first-order valence-corrected chi connectivity index (χ1v) is 15.2. The summed E-state index contributed by atoms with van der Waals surface area (Å²) in [6.45, 7) is 5.52. The molecule has 0 saturated carbocycles. The van der Waals surface area contributed by atoms with E-state index in [9.17, 15) is 19.7 Å². The largest absolute Gasteiger partial charge is 0.496 e. The summed E-state index contributed by atoms with van der Waals surface area (Å²) in [6.07, 6.45) is 1.41. The lowest BCUT2D eigenvalue weighted by Crippen LogP contribution is -2.40. The highest BCUT2D eigenvalue weighted by Gasteiger charge is 2.35. The Bertz CT molecular complexity index is 1950. The number of non-ortho nitro benzene ring substituents is 1. The molecule has 226 valence electrons. The third-order valence-electron chi connectivity index (χ3n) is 6.80. The van der Waals surface area contributed by atoms with Gasteiger partial charge in [0, 0.05) is 22.2 Å². The van der Waals surface area contributed by atoms with E-state index in [1.54, 1.807) is 64.3 Å². The van der Waals surface area contributed by atoms with E-state index in [1.165, 1.54) is 28.0 Å². The number of hydrogen-bond donors (Lipinski definition) is 0. The number of ether oxygens (including phenoxy) is 3. The predicted molar refractivity (Wildman–Crippen MR) is 170 cm³/mol. The molecule has 0 N–H and O–H groups in total. The van der Waals surface area contributed by atoms with Crippen LogP contribution >= 0.6 is 27.3 Å². The summed E-state index contributed by atoms with van der Waals surface area (Å²) in [6, 6.07) is 18.0. The fourth-order valence-corrected chi connectivity index (χ4v) is 6.19. The molecule has 5 rings (SSSR count). The lowest BCUT2D eigenvalue weighted by molar-refractivity contribution is -0.384. The van der Waals surface area contributed by atoms with Gasteiger partial charge in [-0.05, 0) is 80.4 Å². The number of allylic oxidation sites excluding steroid dienone is 1. The van der Waals surface area contributed by atoms with Gasteiger partial charge in [-0.2, -0.15) is 0 Å². The number of nitro groups is 1. The molecule has 1 aliphatic heterocycles. The van der Waals surface area contributed by atoms with E-state index in [0.717, 1.165) is 15.6 Å². The van der Waals surface area contributed by atoms with Gasteiger partial charge in [-0.3, -0.25) is 19.5 Å². The number of rotatable bonds is 9. The SMILES string of the molecule is COc1ccc(Br)cc1[C@@H]1C(C(=O)OC(C)C)=C(C)N=c2s/c(=C\c3ccc(OCc4ccc([N+](=O)[O-])cc4)cc3)c(=O)n21. The van der Waals surface area contributed by atoms with Gasteiger partial charge in [0.25, 0.3) is 11.2 Å². The fourth-order valence-electron chi connectivity index (χ4n) is 4.77. The van der Waals surface area contributed by atoms with Crippen LogP contribution in [0.4, 0.5) is 5.69 Å². The van der Waals surface area contributed by atoms with Crippen LogP contribution in [0.3, 0.4) is 0 Å². The minimum Gasteiger partial charge on any atom is -0.496 e. The molecule has 12 heteroatoms. The molecule has 0 aliphatic carbocycles. The Morgan fingerprint density at radius 2 is 1.84 bits per heavy atom. The molecular weight excluding hydrogens is 650 g/mol. The van der Waals surface area contributed by atoms with Gasteiger partial charge in [0.05, 0.1) is 33.9 Å². The van der Waals surface area contributed by atoms with Crippen molar-refractivity contribution in [3.63, 3.8) is 0 Å². The molecule has 1 aromatic heterocycles. The molecule has 0 bridgehead atoms. The van der Waals surface area contributed by atoms with Crippen molar-refractivity contribution in [1.29, 1.82) is 0 Å². The van der Waals surface area contributed by atoms with Crippen LogP contribution < -0.4 is 24.4 Å². The van der Waals surface area contributed by atoms with Crippen molar-refractivity contribution in [3.05, 3.63) is 129 Å². The number of carbonyl (C=O) groups excluding carboxylic acids is 1. The number of carbonyl (C=O) groups is 1. The van der Waals surface area contributed by atoms with E-state index in [4.69, 9.17) is 14.2 Å². The Kier molecular flexibility index (Phi) is 9.12. The van der Waals surface area contributed by atoms with Crippen LogP contribution in [-0.2, 0) is 16.1 Å². The molecule has 44 heavy (non-hydrogen) atoms. The maximum Gasteiger partial charge on any atom is 0.338 e. The van der Waals surface area contributed by atoms with Crippen LogP contribution in [0.25, 0.3) is 6.08 Å². The number of halogens is 1. The second kappa shape index (κ2) is 13.0. The molecule has 0 saturated heterocycles. The Balaban J connectivity index is 1.49. The second-order valence-corrected chi connectivity index (χ2v) is 12.1. The summed E-state index contributed by atoms with van der Waals surface area (Å²) in [7, 11) is 1.54. The summed E-state index contributed by atoms with van der Waals surface area (Å²) in [5, 5.41) is 10.9. The van der Waals surface area contributed by atoms with Crippen molar-refractivity contribution in [3.8, 4) is 11.5 Å². The van der Waals surface area contributed by atoms with Crippen molar-refractivity contribution in [2.75, 3.05) is 7.11 Å². The third-order valence-corrected chi connectivity index (χ3v) is 8.28. The molecule has 0 amide bonds. The maximum atomic E-state index is 14.0. The molecule has 0 unspecified atom stereocenters. The van der Waals surface area contributed by atoms with Gasteiger partial charge in [0.15, 0.2) is 4.80 Å². The van der Waals surface area contributed by atoms with Crippen molar-refractivity contribution in [2.45, 2.75) is 39.5 Å². The van der Waals surface area contributed by atoms with Crippen LogP contribution in [0.5, 0.6) is 11.5 Å². The standard InChI is InChI=1S/C32H28BrN3O7S/c1-18(2)43-31(38)28-19(3)34-32-35(29(28)25-16-22(33)9-14-26(25)41-4)30(37)27(44-32)15-20-7-12-24(13-8-20)42-17-21-5-10-23(11-6-21)36(39)40/h5-16,18,29H,17H2,1-4H3/b27-15-/t29-/m1/s1. The molecule has 0 fully saturated rings. The summed E-state index contributed by atoms with van der Waals surface area (Å²) in [5.41, 5.74) is 2.63. The Labute approximate surface area is 264 Å². The van der Waals surface area contributed by atoms with Crippen LogP contribution in [-0.4, -0.2) is 28.7 Å². The molecule has 0 spiro atoms. The minimum absolute atomic E-state index is 0.0207. The van der Waals surface area contributed by atoms with Gasteiger partial charge >= 0.3 is 5.97 Å². The molecule has 2 heterocycles. The van der Waals surface area contributed by atoms with Gasteiger partial charge in [0.2, 0.25) is 0 Å². The Morgan fingerprint density at radius 3 is 2.48 bits per heavy atom. The lowest BCUT2D eigenvalue weighted by Gasteiger charge is -2.26. The monoisotopic (exact) mass is 677 g/mol. The molecule has 3 aromatic carbocycles. The maximum absolute atomic E-state index is 14.0. The van der Waals surface area contributed by atoms with Crippen molar-refractivity contribution in [2.24, 2.45) is 4.99 Å². The van der Waals surface area contributed by atoms with Crippen LogP contribution in [0.2, 0.25) is 0 Å². The molecular formula is C32H28BrN3O7S. The molecule has 4 aromatic rings. The minimum atomic E-state index is -0.817. The Morgan fingerprint density at radius 1 is 1.14 bits per heavy atom. The molecule has 10 nitrogen and oxygen atoms in total. The number of fused-ring (bicyclic) bond motifs is 1. The number of nitro benzene ring substituents is 1. The van der Waals surface area contributed by atoms with Crippen LogP contribution in [0.1, 0.15) is 43.5 Å². The average Bonchev–Trinajstić information content (AvgIpc) is 3.29. The number of esters is 1. The number of benzene rings is 3.